The van der Waals surface area contributed by atoms with Crippen molar-refractivity contribution in [3.63, 3.8) is 0 Å². The van der Waals surface area contributed by atoms with E-state index in [2.05, 4.69) is 25.3 Å². The number of carbonyl (C=O) groups excluding carboxylic acids is 2. The van der Waals surface area contributed by atoms with Crippen molar-refractivity contribution in [3.05, 3.63) is 52.9 Å². The van der Waals surface area contributed by atoms with Crippen LogP contribution in [0, 0.1) is 6.92 Å². The van der Waals surface area contributed by atoms with Crippen LogP contribution in [0.15, 0.2) is 39.8 Å². The Hall–Kier alpha value is -3.20. The molecule has 4 rings (SSSR count). The molecule has 0 bridgehead atoms. The Morgan fingerprint density at radius 3 is 2.38 bits per heavy atom. The van der Waals surface area contributed by atoms with E-state index >= 15 is 0 Å². The highest BCUT2D eigenvalue weighted by Gasteiger charge is 2.34. The molecule has 1 aromatic carbocycles. The van der Waals surface area contributed by atoms with Gasteiger partial charge in [0, 0.05) is 58.9 Å². The molecule has 2 aliphatic heterocycles. The van der Waals surface area contributed by atoms with Crippen molar-refractivity contribution in [1.29, 1.82) is 0 Å². The summed E-state index contributed by atoms with van der Waals surface area (Å²) < 4.78 is 5.15. The topological polar surface area (TPSA) is 94.3 Å². The first-order valence-corrected chi connectivity index (χ1v) is 11.1. The van der Waals surface area contributed by atoms with Gasteiger partial charge in [-0.05, 0) is 31.9 Å². The Morgan fingerprint density at radius 1 is 1.09 bits per heavy atom. The molecule has 0 saturated carbocycles. The van der Waals surface area contributed by atoms with Gasteiger partial charge in [-0.15, -0.1) is 0 Å². The molecule has 9 nitrogen and oxygen atoms in total. The lowest BCUT2D eigenvalue weighted by Crippen LogP contribution is -2.52. The minimum Gasteiger partial charge on any atom is -0.361 e. The normalized spacial score (nSPS) is 17.2. The minimum atomic E-state index is -0.187. The standard InChI is InChI=1S/C23H30N6O3/c1-17-15-18(26-32-17)16-27-11-13-28(14-12-27)23(24-2)25-9-5-6-10-29-21(30)19-7-3-4-8-20(19)22(29)31/h3-4,7-8,15H,5-6,9-14,16H2,1-2H3,(H,24,25). The Kier molecular flexibility index (Phi) is 6.84. The Balaban J connectivity index is 1.16. The van der Waals surface area contributed by atoms with E-state index < -0.39 is 0 Å². The summed E-state index contributed by atoms with van der Waals surface area (Å²) in [6.45, 7) is 7.55. The average Bonchev–Trinajstić information content (AvgIpc) is 3.32. The van der Waals surface area contributed by atoms with Crippen molar-refractivity contribution in [2.75, 3.05) is 46.3 Å². The molecule has 1 fully saturated rings. The van der Waals surface area contributed by atoms with Crippen molar-refractivity contribution in [1.82, 2.24) is 25.2 Å². The molecule has 2 amide bonds. The van der Waals surface area contributed by atoms with E-state index in [0.717, 1.165) is 69.5 Å². The number of carbonyl (C=O) groups is 2. The first-order chi connectivity index (χ1) is 15.6. The van der Waals surface area contributed by atoms with E-state index in [9.17, 15) is 9.59 Å². The quantitative estimate of drug-likeness (QED) is 0.305. The molecule has 0 unspecified atom stereocenters. The van der Waals surface area contributed by atoms with Crippen LogP contribution in [-0.4, -0.2) is 83.9 Å². The second-order valence-corrected chi connectivity index (χ2v) is 8.18. The average molecular weight is 439 g/mol. The van der Waals surface area contributed by atoms with E-state index in [4.69, 9.17) is 4.52 Å². The molecule has 0 spiro atoms. The molecular weight excluding hydrogens is 408 g/mol. The van der Waals surface area contributed by atoms with Crippen LogP contribution in [0.1, 0.15) is 45.0 Å². The van der Waals surface area contributed by atoms with Crippen molar-refractivity contribution in [2.24, 2.45) is 4.99 Å². The fourth-order valence-corrected chi connectivity index (χ4v) is 4.21. The number of aromatic nitrogens is 1. The molecule has 1 saturated heterocycles. The van der Waals surface area contributed by atoms with Crippen molar-refractivity contribution in [2.45, 2.75) is 26.3 Å². The summed E-state index contributed by atoms with van der Waals surface area (Å²) in [4.78, 5) is 35.2. The fourth-order valence-electron chi connectivity index (χ4n) is 4.21. The van der Waals surface area contributed by atoms with Gasteiger partial charge in [0.25, 0.3) is 11.8 Å². The van der Waals surface area contributed by atoms with Crippen LogP contribution >= 0.6 is 0 Å². The number of fused-ring (bicyclic) bond motifs is 1. The number of aryl methyl sites for hydroxylation is 1. The molecule has 3 heterocycles. The van der Waals surface area contributed by atoms with Crippen LogP contribution in [0.25, 0.3) is 0 Å². The summed E-state index contributed by atoms with van der Waals surface area (Å²) in [5, 5.41) is 7.49. The molecule has 2 aromatic rings. The second kappa shape index (κ2) is 9.95. The van der Waals surface area contributed by atoms with Crippen LogP contribution in [0.5, 0.6) is 0 Å². The molecule has 0 atom stereocenters. The summed E-state index contributed by atoms with van der Waals surface area (Å²) in [6.07, 6.45) is 1.60. The lowest BCUT2D eigenvalue weighted by molar-refractivity contribution is 0.0651. The first kappa shape index (κ1) is 22.0. The molecule has 1 N–H and O–H groups in total. The second-order valence-electron chi connectivity index (χ2n) is 8.18. The van der Waals surface area contributed by atoms with Crippen LogP contribution in [0.4, 0.5) is 0 Å². The number of hydrogen-bond donors (Lipinski definition) is 1. The zero-order valence-electron chi connectivity index (χ0n) is 18.7. The summed E-state index contributed by atoms with van der Waals surface area (Å²) in [5.74, 6) is 1.36. The molecular formula is C23H30N6O3. The number of aliphatic imine (C=N–C) groups is 1. The third-order valence-corrected chi connectivity index (χ3v) is 5.92. The number of benzene rings is 1. The highest BCUT2D eigenvalue weighted by molar-refractivity contribution is 6.21. The molecule has 32 heavy (non-hydrogen) atoms. The van der Waals surface area contributed by atoms with Gasteiger partial charge in [-0.1, -0.05) is 17.3 Å². The molecule has 9 heteroatoms. The SMILES string of the molecule is CN=C(NCCCCN1C(=O)c2ccccc2C1=O)N1CCN(Cc2cc(C)on2)CC1. The van der Waals surface area contributed by atoms with Gasteiger partial charge in [0.15, 0.2) is 5.96 Å². The lowest BCUT2D eigenvalue weighted by Gasteiger charge is -2.36. The zero-order valence-corrected chi connectivity index (χ0v) is 18.7. The van der Waals surface area contributed by atoms with Gasteiger partial charge in [-0.25, -0.2) is 0 Å². The number of imide groups is 1. The molecule has 0 radical (unpaired) electrons. The summed E-state index contributed by atoms with van der Waals surface area (Å²) in [6, 6.07) is 8.99. The smallest absolute Gasteiger partial charge is 0.261 e. The van der Waals surface area contributed by atoms with Crippen molar-refractivity contribution >= 4 is 17.8 Å². The largest absolute Gasteiger partial charge is 0.361 e. The van der Waals surface area contributed by atoms with Gasteiger partial charge in [0.2, 0.25) is 0 Å². The maximum absolute atomic E-state index is 12.4. The summed E-state index contributed by atoms with van der Waals surface area (Å²) in [7, 11) is 1.80. The van der Waals surface area contributed by atoms with Crippen LogP contribution in [-0.2, 0) is 6.54 Å². The predicted octanol–water partition coefficient (Wildman–Crippen LogP) is 1.75. The number of piperazine rings is 1. The number of nitrogens with one attached hydrogen (secondary N) is 1. The number of guanidine groups is 1. The fraction of sp³-hybridized carbons (Fsp3) is 0.478. The lowest BCUT2D eigenvalue weighted by atomic mass is 10.1. The number of unbranched alkanes of at least 4 members (excludes halogenated alkanes) is 1. The summed E-state index contributed by atoms with van der Waals surface area (Å²) in [5.41, 5.74) is 1.99. The minimum absolute atomic E-state index is 0.187. The van der Waals surface area contributed by atoms with Crippen LogP contribution < -0.4 is 5.32 Å². The molecule has 170 valence electrons. The number of hydrogen-bond acceptors (Lipinski definition) is 6. The maximum Gasteiger partial charge on any atom is 0.261 e. The van der Waals surface area contributed by atoms with E-state index in [1.54, 1.807) is 31.3 Å². The molecule has 0 aliphatic carbocycles. The number of rotatable bonds is 7. The zero-order chi connectivity index (χ0) is 22.5. The van der Waals surface area contributed by atoms with E-state index in [-0.39, 0.29) is 11.8 Å². The van der Waals surface area contributed by atoms with Gasteiger partial charge < -0.3 is 14.7 Å². The first-order valence-electron chi connectivity index (χ1n) is 11.1. The Bertz CT molecular complexity index is 958. The van der Waals surface area contributed by atoms with Gasteiger partial charge in [-0.2, -0.15) is 0 Å². The third kappa shape index (κ3) is 4.83. The summed E-state index contributed by atoms with van der Waals surface area (Å²) >= 11 is 0. The highest BCUT2D eigenvalue weighted by Crippen LogP contribution is 2.22. The maximum atomic E-state index is 12.4. The molecule has 2 aliphatic rings. The van der Waals surface area contributed by atoms with Gasteiger partial charge in [0.1, 0.15) is 5.76 Å². The van der Waals surface area contributed by atoms with E-state index in [1.807, 2.05) is 13.0 Å². The number of nitrogens with zero attached hydrogens (tertiary/aromatic N) is 5. The predicted molar refractivity (Wildman–Crippen MR) is 120 cm³/mol. The van der Waals surface area contributed by atoms with Crippen LogP contribution in [0.3, 0.4) is 0 Å². The Labute approximate surface area is 188 Å². The van der Waals surface area contributed by atoms with E-state index in [0.29, 0.717) is 17.7 Å². The highest BCUT2D eigenvalue weighted by atomic mass is 16.5. The van der Waals surface area contributed by atoms with Crippen molar-refractivity contribution in [3.8, 4) is 0 Å². The molecule has 1 aromatic heterocycles. The monoisotopic (exact) mass is 438 g/mol. The van der Waals surface area contributed by atoms with Gasteiger partial charge in [0.05, 0.1) is 16.8 Å². The van der Waals surface area contributed by atoms with Gasteiger partial charge in [-0.3, -0.25) is 24.4 Å². The third-order valence-electron chi connectivity index (χ3n) is 5.92. The van der Waals surface area contributed by atoms with Crippen molar-refractivity contribution < 1.29 is 14.1 Å². The van der Waals surface area contributed by atoms with E-state index in [1.165, 1.54) is 4.90 Å². The van der Waals surface area contributed by atoms with Crippen LogP contribution in [0.2, 0.25) is 0 Å². The Morgan fingerprint density at radius 2 is 1.78 bits per heavy atom. The van der Waals surface area contributed by atoms with Gasteiger partial charge >= 0.3 is 0 Å². The number of amides is 2.